The largest absolute Gasteiger partial charge is 0.325 e. The molecule has 35 heavy (non-hydrogen) atoms. The van der Waals surface area contributed by atoms with Gasteiger partial charge in [-0.2, -0.15) is 0 Å². The molecule has 0 aromatic heterocycles. The average Bonchev–Trinajstić information content (AvgIpc) is 3.05. The van der Waals surface area contributed by atoms with Crippen LogP contribution in [0.4, 0.5) is 15.8 Å². The molecular weight excluding hydrogens is 559 g/mol. The minimum absolute atomic E-state index is 0.0531. The highest BCUT2D eigenvalue weighted by Crippen LogP contribution is 2.27. The van der Waals surface area contributed by atoms with E-state index in [-0.39, 0.29) is 11.5 Å². The maximum atomic E-state index is 13.5. The number of hydrogen-bond acceptors (Lipinski definition) is 4. The maximum absolute atomic E-state index is 13.5. The summed E-state index contributed by atoms with van der Waals surface area (Å²) in [6, 6.07) is 17.3. The number of rotatable bonds is 6. The second-order valence-corrected chi connectivity index (χ2v) is 9.19. The number of thiocarbonyl (C=S) groups is 1. The van der Waals surface area contributed by atoms with Crippen LogP contribution in [0.1, 0.15) is 16.8 Å². The Morgan fingerprint density at radius 3 is 2.34 bits per heavy atom. The number of hydrogen-bond donors (Lipinski definition) is 2. The third-order valence-electron chi connectivity index (χ3n) is 5.15. The third-order valence-corrected chi connectivity index (χ3v) is 6.39. The Hall–Kier alpha value is -3.34. The molecule has 4 rings (SSSR count). The van der Waals surface area contributed by atoms with Gasteiger partial charge >= 0.3 is 0 Å². The summed E-state index contributed by atoms with van der Waals surface area (Å²) in [5.74, 6) is -2.07. The molecule has 3 amide bonds. The molecule has 1 saturated heterocycles. The number of amides is 3. The molecular formula is C24H17BrClFN4O3S. The van der Waals surface area contributed by atoms with Crippen LogP contribution in [0.15, 0.2) is 77.3 Å². The Labute approximate surface area is 218 Å². The molecule has 0 bridgehead atoms. The van der Waals surface area contributed by atoms with E-state index in [1.807, 2.05) is 0 Å². The van der Waals surface area contributed by atoms with Gasteiger partial charge in [0.05, 0.1) is 22.8 Å². The quantitative estimate of drug-likeness (QED) is 0.408. The summed E-state index contributed by atoms with van der Waals surface area (Å²) >= 11 is 14.9. The van der Waals surface area contributed by atoms with Gasteiger partial charge < -0.3 is 5.32 Å². The van der Waals surface area contributed by atoms with Crippen LogP contribution in [0.2, 0.25) is 5.02 Å². The van der Waals surface area contributed by atoms with Crippen molar-refractivity contribution in [3.8, 4) is 0 Å². The molecule has 2 N–H and O–H groups in total. The fraction of sp³-hybridized carbons (Fsp3) is 0.0833. The van der Waals surface area contributed by atoms with E-state index >= 15 is 0 Å². The van der Waals surface area contributed by atoms with Crippen molar-refractivity contribution in [2.24, 2.45) is 0 Å². The SMILES string of the molecule is O=C(CC1C(=O)N(c2ccc(F)cc2)C(=S)N1NC(=O)c1ccc(Br)cc1)Nc1ccccc1Cl. The molecule has 1 unspecified atom stereocenters. The van der Waals surface area contributed by atoms with Crippen LogP contribution >= 0.6 is 39.7 Å². The molecule has 7 nitrogen and oxygen atoms in total. The number of hydrazine groups is 1. The first-order valence-electron chi connectivity index (χ1n) is 10.3. The van der Waals surface area contributed by atoms with Gasteiger partial charge in [0, 0.05) is 10.0 Å². The second-order valence-electron chi connectivity index (χ2n) is 7.50. The number of carbonyl (C=O) groups is 3. The van der Waals surface area contributed by atoms with Crippen molar-refractivity contribution in [1.29, 1.82) is 0 Å². The van der Waals surface area contributed by atoms with E-state index in [1.165, 1.54) is 29.3 Å². The first-order chi connectivity index (χ1) is 16.7. The minimum atomic E-state index is -1.14. The molecule has 0 aliphatic carbocycles. The highest BCUT2D eigenvalue weighted by molar-refractivity contribution is 9.10. The Morgan fingerprint density at radius 1 is 1.03 bits per heavy atom. The van der Waals surface area contributed by atoms with Crippen molar-refractivity contribution in [1.82, 2.24) is 10.4 Å². The highest BCUT2D eigenvalue weighted by atomic mass is 79.9. The summed E-state index contributed by atoms with van der Waals surface area (Å²) in [5, 5.41) is 4.13. The van der Waals surface area contributed by atoms with E-state index in [9.17, 15) is 18.8 Å². The molecule has 0 radical (unpaired) electrons. The number of carbonyl (C=O) groups excluding carboxylic acids is 3. The molecule has 1 atom stereocenters. The Bertz CT molecular complexity index is 1310. The zero-order valence-electron chi connectivity index (χ0n) is 17.9. The first-order valence-corrected chi connectivity index (χ1v) is 11.9. The van der Waals surface area contributed by atoms with Gasteiger partial charge in [-0.1, -0.05) is 39.7 Å². The molecule has 0 spiro atoms. The third kappa shape index (κ3) is 5.50. The highest BCUT2D eigenvalue weighted by Gasteiger charge is 2.45. The van der Waals surface area contributed by atoms with Gasteiger partial charge in [-0.15, -0.1) is 0 Å². The zero-order chi connectivity index (χ0) is 25.1. The van der Waals surface area contributed by atoms with Gasteiger partial charge in [-0.3, -0.25) is 24.7 Å². The second kappa shape index (κ2) is 10.5. The molecule has 1 aliphatic heterocycles. The van der Waals surface area contributed by atoms with Crippen molar-refractivity contribution >= 4 is 74.0 Å². The van der Waals surface area contributed by atoms with Gasteiger partial charge in [0.15, 0.2) is 0 Å². The Morgan fingerprint density at radius 2 is 1.69 bits per heavy atom. The lowest BCUT2D eigenvalue weighted by Gasteiger charge is -2.24. The van der Waals surface area contributed by atoms with Crippen molar-refractivity contribution < 1.29 is 18.8 Å². The zero-order valence-corrected chi connectivity index (χ0v) is 21.0. The Kier molecular flexibility index (Phi) is 7.44. The van der Waals surface area contributed by atoms with Crippen LogP contribution in [0.5, 0.6) is 0 Å². The van der Waals surface area contributed by atoms with Crippen LogP contribution < -0.4 is 15.6 Å². The standard InChI is InChI=1S/C24H17BrClFN4O3S/c25-15-7-5-14(6-8-15)22(33)29-31-20(13-21(32)28-19-4-2-1-3-18(19)26)23(34)30(24(31)35)17-11-9-16(27)10-12-17/h1-12,20H,13H2,(H,28,32)(H,29,33). The number of halogens is 3. The predicted octanol–water partition coefficient (Wildman–Crippen LogP) is 4.92. The number of para-hydroxylation sites is 1. The number of anilines is 2. The number of nitrogens with zero attached hydrogens (tertiary/aromatic N) is 2. The Balaban J connectivity index is 1.61. The fourth-order valence-corrected chi connectivity index (χ4v) is 4.26. The van der Waals surface area contributed by atoms with E-state index in [1.54, 1.807) is 48.5 Å². The molecule has 178 valence electrons. The lowest BCUT2D eigenvalue weighted by molar-refractivity contribution is -0.124. The number of benzene rings is 3. The minimum Gasteiger partial charge on any atom is -0.325 e. The smallest absolute Gasteiger partial charge is 0.269 e. The maximum Gasteiger partial charge on any atom is 0.269 e. The van der Waals surface area contributed by atoms with Gasteiger partial charge in [-0.05, 0) is 72.9 Å². The first kappa shape index (κ1) is 24.8. The van der Waals surface area contributed by atoms with Crippen molar-refractivity contribution in [2.75, 3.05) is 10.2 Å². The van der Waals surface area contributed by atoms with Gasteiger partial charge in [0.2, 0.25) is 11.0 Å². The van der Waals surface area contributed by atoms with Crippen molar-refractivity contribution in [3.05, 3.63) is 93.7 Å². The molecule has 11 heteroatoms. The summed E-state index contributed by atoms with van der Waals surface area (Å²) in [6.45, 7) is 0. The molecule has 1 heterocycles. The van der Waals surface area contributed by atoms with E-state index in [0.717, 1.165) is 9.37 Å². The normalized spacial score (nSPS) is 15.3. The van der Waals surface area contributed by atoms with E-state index in [4.69, 9.17) is 23.8 Å². The molecule has 3 aromatic rings. The van der Waals surface area contributed by atoms with Crippen LogP contribution in [-0.2, 0) is 9.59 Å². The van der Waals surface area contributed by atoms with Gasteiger partial charge in [0.25, 0.3) is 11.8 Å². The van der Waals surface area contributed by atoms with E-state index < -0.39 is 29.6 Å². The summed E-state index contributed by atoms with van der Waals surface area (Å²) in [5.41, 5.74) is 3.64. The van der Waals surface area contributed by atoms with Crippen LogP contribution in [0.25, 0.3) is 0 Å². The van der Waals surface area contributed by atoms with Crippen molar-refractivity contribution in [2.45, 2.75) is 12.5 Å². The number of nitrogens with one attached hydrogen (secondary N) is 2. The van der Waals surface area contributed by atoms with E-state index in [0.29, 0.717) is 22.0 Å². The van der Waals surface area contributed by atoms with Crippen LogP contribution in [0.3, 0.4) is 0 Å². The molecule has 3 aromatic carbocycles. The molecule has 0 saturated carbocycles. The summed E-state index contributed by atoms with van der Waals surface area (Å²) in [4.78, 5) is 40.2. The van der Waals surface area contributed by atoms with Gasteiger partial charge in [-0.25, -0.2) is 9.40 Å². The van der Waals surface area contributed by atoms with Crippen molar-refractivity contribution in [3.63, 3.8) is 0 Å². The monoisotopic (exact) mass is 574 g/mol. The fourth-order valence-electron chi connectivity index (χ4n) is 3.44. The van der Waals surface area contributed by atoms with Gasteiger partial charge in [0.1, 0.15) is 11.9 Å². The topological polar surface area (TPSA) is 81.8 Å². The predicted molar refractivity (Wildman–Crippen MR) is 138 cm³/mol. The molecule has 1 fully saturated rings. The summed E-state index contributed by atoms with van der Waals surface area (Å²) in [6.07, 6.45) is -0.331. The van der Waals surface area contributed by atoms with Crippen LogP contribution in [-0.4, -0.2) is 33.9 Å². The average molecular weight is 576 g/mol. The van der Waals surface area contributed by atoms with Crippen LogP contribution in [0, 0.1) is 5.82 Å². The lowest BCUT2D eigenvalue weighted by atomic mass is 10.1. The molecule has 1 aliphatic rings. The summed E-state index contributed by atoms with van der Waals surface area (Å²) < 4.78 is 14.2. The summed E-state index contributed by atoms with van der Waals surface area (Å²) in [7, 11) is 0. The van der Waals surface area contributed by atoms with E-state index in [2.05, 4.69) is 26.7 Å². The lowest BCUT2D eigenvalue weighted by Crippen LogP contribution is -2.49.